The number of carbonyl (C=O) groups excluding carboxylic acids is 1. The fourth-order valence-corrected chi connectivity index (χ4v) is 3.80. The number of aryl methyl sites for hydroxylation is 1. The van der Waals surface area contributed by atoms with Crippen molar-refractivity contribution in [3.05, 3.63) is 71.6 Å². The predicted molar refractivity (Wildman–Crippen MR) is 103 cm³/mol. The summed E-state index contributed by atoms with van der Waals surface area (Å²) in [5, 5.41) is 0.900. The van der Waals surface area contributed by atoms with Crippen molar-refractivity contribution in [3.8, 4) is 0 Å². The number of nitrogens with zero attached hydrogens (tertiary/aromatic N) is 3. The van der Waals surface area contributed by atoms with Crippen molar-refractivity contribution in [2.75, 3.05) is 13.1 Å². The number of halogens is 2. The molecule has 2 aromatic heterocycles. The van der Waals surface area contributed by atoms with Crippen molar-refractivity contribution in [1.29, 1.82) is 0 Å². The fourth-order valence-electron chi connectivity index (χ4n) is 3.80. The molecule has 1 fully saturated rings. The molecule has 4 nitrogen and oxygen atoms in total. The molecule has 28 heavy (non-hydrogen) atoms. The van der Waals surface area contributed by atoms with E-state index < -0.39 is 11.6 Å². The molecular formula is C22H21F2N3O. The van der Waals surface area contributed by atoms with Gasteiger partial charge in [-0.1, -0.05) is 6.07 Å². The predicted octanol–water partition coefficient (Wildman–Crippen LogP) is 4.39. The van der Waals surface area contributed by atoms with Crippen LogP contribution in [0.5, 0.6) is 0 Å². The average molecular weight is 381 g/mol. The summed E-state index contributed by atoms with van der Waals surface area (Å²) in [6, 6.07) is 11.1. The summed E-state index contributed by atoms with van der Waals surface area (Å²) in [6.07, 6.45) is 4.87. The van der Waals surface area contributed by atoms with Gasteiger partial charge in [-0.25, -0.2) is 18.7 Å². The number of fused-ring (bicyclic) bond motifs is 1. The molecule has 1 aliphatic heterocycles. The van der Waals surface area contributed by atoms with Crippen molar-refractivity contribution in [2.24, 2.45) is 5.92 Å². The van der Waals surface area contributed by atoms with E-state index in [0.717, 1.165) is 30.7 Å². The van der Waals surface area contributed by atoms with Crippen LogP contribution in [-0.2, 0) is 6.42 Å². The van der Waals surface area contributed by atoms with Gasteiger partial charge in [-0.2, -0.15) is 0 Å². The van der Waals surface area contributed by atoms with Crippen LogP contribution < -0.4 is 0 Å². The maximum atomic E-state index is 13.8. The first kappa shape index (κ1) is 18.5. The van der Waals surface area contributed by atoms with E-state index in [0.29, 0.717) is 42.3 Å². The quantitative estimate of drug-likeness (QED) is 0.673. The highest BCUT2D eigenvalue weighted by Gasteiger charge is 2.25. The Bertz CT molecular complexity index is 1010. The van der Waals surface area contributed by atoms with E-state index in [1.54, 1.807) is 12.3 Å². The topological polar surface area (TPSA) is 46.1 Å². The zero-order chi connectivity index (χ0) is 19.5. The van der Waals surface area contributed by atoms with E-state index in [1.807, 2.05) is 23.1 Å². The van der Waals surface area contributed by atoms with Crippen molar-refractivity contribution >= 4 is 16.9 Å². The van der Waals surface area contributed by atoms with Gasteiger partial charge in [0.2, 0.25) is 0 Å². The molecule has 144 valence electrons. The Labute approximate surface area is 162 Å². The number of likely N-dealkylation sites (tertiary alicyclic amines) is 1. The highest BCUT2D eigenvalue weighted by molar-refractivity contribution is 5.94. The van der Waals surface area contributed by atoms with Gasteiger partial charge in [0.25, 0.3) is 5.91 Å². The van der Waals surface area contributed by atoms with Crippen molar-refractivity contribution in [1.82, 2.24) is 14.9 Å². The molecular weight excluding hydrogens is 360 g/mol. The molecule has 0 radical (unpaired) electrons. The van der Waals surface area contributed by atoms with Gasteiger partial charge in [0.1, 0.15) is 17.3 Å². The molecule has 0 spiro atoms. The van der Waals surface area contributed by atoms with Crippen LogP contribution in [0.25, 0.3) is 11.0 Å². The van der Waals surface area contributed by atoms with Gasteiger partial charge in [-0.05, 0) is 67.5 Å². The lowest BCUT2D eigenvalue weighted by Crippen LogP contribution is -2.40. The van der Waals surface area contributed by atoms with Crippen molar-refractivity contribution < 1.29 is 13.6 Å². The van der Waals surface area contributed by atoms with E-state index in [4.69, 9.17) is 0 Å². The molecule has 1 atom stereocenters. The molecule has 3 heterocycles. The van der Waals surface area contributed by atoms with Gasteiger partial charge >= 0.3 is 0 Å². The molecule has 0 saturated carbocycles. The summed E-state index contributed by atoms with van der Waals surface area (Å²) in [7, 11) is 0. The van der Waals surface area contributed by atoms with Gasteiger partial charge in [0.05, 0.1) is 0 Å². The third-order valence-corrected chi connectivity index (χ3v) is 5.33. The van der Waals surface area contributed by atoms with E-state index in [-0.39, 0.29) is 5.91 Å². The Hall–Kier alpha value is -2.89. The molecule has 3 aromatic rings. The van der Waals surface area contributed by atoms with Gasteiger partial charge in [0.15, 0.2) is 5.65 Å². The molecule has 1 aliphatic rings. The first-order valence-corrected chi connectivity index (χ1v) is 9.55. The smallest absolute Gasteiger partial charge is 0.272 e. The zero-order valence-corrected chi connectivity index (χ0v) is 15.4. The van der Waals surface area contributed by atoms with Gasteiger partial charge in [-0.15, -0.1) is 0 Å². The lowest BCUT2D eigenvalue weighted by Gasteiger charge is -2.32. The summed E-state index contributed by atoms with van der Waals surface area (Å²) >= 11 is 0. The Morgan fingerprint density at radius 1 is 1.18 bits per heavy atom. The van der Waals surface area contributed by atoms with Gasteiger partial charge < -0.3 is 4.90 Å². The fraction of sp³-hybridized carbons (Fsp3) is 0.318. The molecule has 0 unspecified atom stereocenters. The number of amides is 1. The number of piperidine rings is 1. The summed E-state index contributed by atoms with van der Waals surface area (Å²) < 4.78 is 26.9. The lowest BCUT2D eigenvalue weighted by atomic mass is 9.91. The van der Waals surface area contributed by atoms with Crippen LogP contribution in [0, 0.1) is 17.6 Å². The first-order valence-electron chi connectivity index (χ1n) is 9.55. The lowest BCUT2D eigenvalue weighted by molar-refractivity contribution is 0.0662. The summed E-state index contributed by atoms with van der Waals surface area (Å²) in [5.41, 5.74) is 1.48. The second kappa shape index (κ2) is 8.00. The number of benzene rings is 1. The Morgan fingerprint density at radius 3 is 2.93 bits per heavy atom. The maximum absolute atomic E-state index is 13.8. The van der Waals surface area contributed by atoms with Gasteiger partial charge in [-0.3, -0.25) is 4.79 Å². The van der Waals surface area contributed by atoms with Crippen LogP contribution in [-0.4, -0.2) is 33.9 Å². The monoisotopic (exact) mass is 381 g/mol. The minimum atomic E-state index is -0.562. The number of aromatic nitrogens is 2. The minimum Gasteiger partial charge on any atom is -0.337 e. The zero-order valence-electron chi connectivity index (χ0n) is 15.4. The number of hydrogen-bond donors (Lipinski definition) is 0. The second-order valence-corrected chi connectivity index (χ2v) is 7.28. The number of rotatable bonds is 4. The maximum Gasteiger partial charge on any atom is 0.272 e. The Morgan fingerprint density at radius 2 is 2.07 bits per heavy atom. The number of hydrogen-bond acceptors (Lipinski definition) is 3. The highest BCUT2D eigenvalue weighted by Crippen LogP contribution is 2.24. The van der Waals surface area contributed by atoms with Crippen molar-refractivity contribution in [2.45, 2.75) is 25.7 Å². The SMILES string of the molecule is O=C(c1ccc2cccnc2n1)N1CCC[C@@H](CCc2ccc(F)cc2F)C1. The summed E-state index contributed by atoms with van der Waals surface area (Å²) in [5.74, 6) is -0.865. The highest BCUT2D eigenvalue weighted by atomic mass is 19.1. The molecule has 6 heteroatoms. The van der Waals surface area contributed by atoms with Crippen LogP contribution >= 0.6 is 0 Å². The number of carbonyl (C=O) groups is 1. The molecule has 0 N–H and O–H groups in total. The van der Waals surface area contributed by atoms with E-state index in [2.05, 4.69) is 9.97 Å². The third kappa shape index (κ3) is 4.01. The van der Waals surface area contributed by atoms with E-state index in [1.165, 1.54) is 12.1 Å². The van der Waals surface area contributed by atoms with Crippen LogP contribution in [0.3, 0.4) is 0 Å². The summed E-state index contributed by atoms with van der Waals surface area (Å²) in [6.45, 7) is 1.33. The molecule has 1 amide bonds. The minimum absolute atomic E-state index is 0.0924. The van der Waals surface area contributed by atoms with E-state index >= 15 is 0 Å². The van der Waals surface area contributed by atoms with Crippen LogP contribution in [0.15, 0.2) is 48.7 Å². The van der Waals surface area contributed by atoms with E-state index in [9.17, 15) is 13.6 Å². The first-order chi connectivity index (χ1) is 13.6. The second-order valence-electron chi connectivity index (χ2n) is 7.28. The van der Waals surface area contributed by atoms with Gasteiger partial charge in [0, 0.05) is 30.7 Å². The normalized spacial score (nSPS) is 17.1. The van der Waals surface area contributed by atoms with Crippen LogP contribution in [0.4, 0.5) is 8.78 Å². The summed E-state index contributed by atoms with van der Waals surface area (Å²) in [4.78, 5) is 23.3. The molecule has 0 aliphatic carbocycles. The molecule has 1 saturated heterocycles. The van der Waals surface area contributed by atoms with Crippen molar-refractivity contribution in [3.63, 3.8) is 0 Å². The molecule has 1 aromatic carbocycles. The third-order valence-electron chi connectivity index (χ3n) is 5.33. The Balaban J connectivity index is 1.41. The van der Waals surface area contributed by atoms with Crippen LogP contribution in [0.1, 0.15) is 35.3 Å². The average Bonchev–Trinajstić information content (AvgIpc) is 2.72. The Kier molecular flexibility index (Phi) is 5.28. The standard InChI is InChI=1S/C22H21F2N3O/c23-18-9-7-16(19(24)13-18)6-5-15-3-2-12-27(14-15)22(28)20-10-8-17-4-1-11-25-21(17)26-20/h1,4,7-11,13,15H,2-3,5-6,12,14H2/t15-/m0/s1. The largest absolute Gasteiger partial charge is 0.337 e. The van der Waals surface area contributed by atoms with Crippen LogP contribution in [0.2, 0.25) is 0 Å². The number of pyridine rings is 2. The molecule has 0 bridgehead atoms. The molecule has 4 rings (SSSR count).